The van der Waals surface area contributed by atoms with Gasteiger partial charge in [0.1, 0.15) is 24.2 Å². The first-order valence-electron chi connectivity index (χ1n) is 6.67. The summed E-state index contributed by atoms with van der Waals surface area (Å²) in [7, 11) is -4.38. The number of anilines is 1. The molecule has 3 rings (SSSR count). The Bertz CT molecular complexity index is 777. The maximum atomic E-state index is 10.9. The minimum absolute atomic E-state index is 0.132. The van der Waals surface area contributed by atoms with Crippen LogP contribution in [0.2, 0.25) is 0 Å². The van der Waals surface area contributed by atoms with Crippen LogP contribution in [0.1, 0.15) is 19.6 Å². The molecule has 11 nitrogen and oxygen atoms in total. The number of aromatic nitrogens is 4. The second kappa shape index (κ2) is 5.48. The van der Waals surface area contributed by atoms with E-state index >= 15 is 0 Å². The van der Waals surface area contributed by atoms with Gasteiger partial charge in [0, 0.05) is 6.42 Å². The van der Waals surface area contributed by atoms with Crippen LogP contribution in [-0.4, -0.2) is 52.7 Å². The number of hydrogen-bond donors (Lipinski definition) is 4. The largest absolute Gasteiger partial charge is 0.387 e. The van der Waals surface area contributed by atoms with E-state index < -0.39 is 32.1 Å². The van der Waals surface area contributed by atoms with E-state index in [1.807, 2.05) is 0 Å². The quantitative estimate of drug-likeness (QED) is 0.533. The molecule has 0 aromatic carbocycles. The highest BCUT2D eigenvalue weighted by Gasteiger charge is 2.47. The molecule has 12 heteroatoms. The Morgan fingerprint density at radius 1 is 1.52 bits per heavy atom. The van der Waals surface area contributed by atoms with E-state index in [0.29, 0.717) is 11.2 Å². The Balaban J connectivity index is 1.85. The smallest absolute Gasteiger partial charge is 0.351 e. The highest BCUT2D eigenvalue weighted by Crippen LogP contribution is 2.42. The van der Waals surface area contributed by atoms with Gasteiger partial charge in [-0.05, 0) is 6.92 Å². The van der Waals surface area contributed by atoms with Crippen LogP contribution in [-0.2, 0) is 14.0 Å². The average molecular weight is 345 g/mol. The van der Waals surface area contributed by atoms with Crippen molar-refractivity contribution in [2.75, 3.05) is 12.1 Å². The zero-order chi connectivity index (χ0) is 16.8. The normalized spacial score (nSPS) is 28.5. The fourth-order valence-corrected chi connectivity index (χ4v) is 2.82. The standard InChI is InChI=1S/C11H16N5O6P/c1-11(21-5-23(18,19)20)6(17)2-7(22-11)16-4-15-8-9(12)13-3-14-10(8)16/h3-4,6-7,17H,2,5H2,1H3,(H2,12,13,14)(H2,18,19,20)/t6-,7+,11+/m0/s1. The van der Waals surface area contributed by atoms with Crippen molar-refractivity contribution in [1.29, 1.82) is 0 Å². The lowest BCUT2D eigenvalue weighted by Crippen LogP contribution is -2.39. The van der Waals surface area contributed by atoms with Gasteiger partial charge < -0.3 is 30.1 Å². The van der Waals surface area contributed by atoms with Crippen LogP contribution >= 0.6 is 7.60 Å². The third-order valence-corrected chi connectivity index (χ3v) is 4.08. The molecule has 5 N–H and O–H groups in total. The molecule has 23 heavy (non-hydrogen) atoms. The van der Waals surface area contributed by atoms with Crippen molar-refractivity contribution in [2.45, 2.75) is 31.5 Å². The van der Waals surface area contributed by atoms with Crippen LogP contribution < -0.4 is 5.73 Å². The topological polar surface area (TPSA) is 166 Å². The van der Waals surface area contributed by atoms with Crippen molar-refractivity contribution < 1.29 is 28.9 Å². The second-order valence-corrected chi connectivity index (χ2v) is 6.95. The van der Waals surface area contributed by atoms with Crippen LogP contribution in [0.25, 0.3) is 11.2 Å². The summed E-state index contributed by atoms with van der Waals surface area (Å²) in [5, 5.41) is 10.1. The predicted molar refractivity (Wildman–Crippen MR) is 76.9 cm³/mol. The number of nitrogen functional groups attached to an aromatic ring is 1. The number of imidazole rings is 1. The number of hydrogen-bond acceptors (Lipinski definition) is 8. The summed E-state index contributed by atoms with van der Waals surface area (Å²) in [5.74, 6) is -1.34. The fourth-order valence-electron chi connectivity index (χ4n) is 2.40. The molecule has 0 radical (unpaired) electrons. The molecule has 1 fully saturated rings. The van der Waals surface area contributed by atoms with E-state index in [1.165, 1.54) is 19.6 Å². The number of fused-ring (bicyclic) bond motifs is 1. The Hall–Kier alpha value is -1.62. The summed E-state index contributed by atoms with van der Waals surface area (Å²) in [5.41, 5.74) is 6.54. The summed E-state index contributed by atoms with van der Waals surface area (Å²) in [4.78, 5) is 29.8. The average Bonchev–Trinajstić information content (AvgIpc) is 3.00. The van der Waals surface area contributed by atoms with Gasteiger partial charge in [-0.15, -0.1) is 0 Å². The molecule has 1 saturated heterocycles. The third-order valence-electron chi connectivity index (χ3n) is 3.62. The summed E-state index contributed by atoms with van der Waals surface area (Å²) >= 11 is 0. The molecule has 126 valence electrons. The van der Waals surface area contributed by atoms with Gasteiger partial charge in [0.15, 0.2) is 23.6 Å². The number of aliphatic hydroxyl groups is 1. The minimum atomic E-state index is -4.38. The Kier molecular flexibility index (Phi) is 3.87. The van der Waals surface area contributed by atoms with Crippen molar-refractivity contribution in [3.63, 3.8) is 0 Å². The minimum Gasteiger partial charge on any atom is -0.387 e. The van der Waals surface area contributed by atoms with Crippen LogP contribution in [0.4, 0.5) is 5.82 Å². The zero-order valence-electron chi connectivity index (χ0n) is 12.1. The van der Waals surface area contributed by atoms with Gasteiger partial charge in [0.05, 0.1) is 6.33 Å². The van der Waals surface area contributed by atoms with E-state index in [0.717, 1.165) is 0 Å². The molecule has 3 heterocycles. The predicted octanol–water partition coefficient (Wildman–Crippen LogP) is -0.444. The molecule has 0 spiro atoms. The van der Waals surface area contributed by atoms with Crippen LogP contribution in [0.15, 0.2) is 12.7 Å². The van der Waals surface area contributed by atoms with Gasteiger partial charge in [-0.2, -0.15) is 0 Å². The van der Waals surface area contributed by atoms with Crippen LogP contribution in [0.5, 0.6) is 0 Å². The summed E-state index contributed by atoms with van der Waals surface area (Å²) in [6.07, 6.45) is 0.244. The molecule has 0 unspecified atom stereocenters. The lowest BCUT2D eigenvalue weighted by Gasteiger charge is -2.28. The molecule has 0 saturated carbocycles. The molecule has 1 aliphatic rings. The summed E-state index contributed by atoms with van der Waals surface area (Å²) < 4.78 is 23.3. The second-order valence-electron chi connectivity index (χ2n) is 5.36. The van der Waals surface area contributed by atoms with Crippen LogP contribution in [0, 0.1) is 0 Å². The first-order valence-corrected chi connectivity index (χ1v) is 8.47. The van der Waals surface area contributed by atoms with E-state index in [-0.39, 0.29) is 12.2 Å². The first-order chi connectivity index (χ1) is 10.7. The van der Waals surface area contributed by atoms with Gasteiger partial charge in [-0.3, -0.25) is 9.13 Å². The van der Waals surface area contributed by atoms with E-state index in [9.17, 15) is 9.67 Å². The van der Waals surface area contributed by atoms with Gasteiger partial charge in [-0.1, -0.05) is 0 Å². The Morgan fingerprint density at radius 2 is 2.26 bits per heavy atom. The van der Waals surface area contributed by atoms with E-state index in [4.69, 9.17) is 25.0 Å². The number of aliphatic hydroxyl groups excluding tert-OH is 1. The monoisotopic (exact) mass is 345 g/mol. The molecule has 2 aromatic rings. The van der Waals surface area contributed by atoms with Gasteiger partial charge >= 0.3 is 7.60 Å². The maximum Gasteiger partial charge on any atom is 0.351 e. The highest BCUT2D eigenvalue weighted by atomic mass is 31.2. The van der Waals surface area contributed by atoms with Gasteiger partial charge in [-0.25, -0.2) is 15.0 Å². The summed E-state index contributed by atoms with van der Waals surface area (Å²) in [6.45, 7) is 1.41. The van der Waals surface area contributed by atoms with Crippen LogP contribution in [0.3, 0.4) is 0 Å². The zero-order valence-corrected chi connectivity index (χ0v) is 13.0. The number of ether oxygens (including phenoxy) is 2. The lowest BCUT2D eigenvalue weighted by molar-refractivity contribution is -0.247. The molecule has 0 aliphatic carbocycles. The Morgan fingerprint density at radius 3 is 2.96 bits per heavy atom. The summed E-state index contributed by atoms with van der Waals surface area (Å²) in [6, 6.07) is 0. The number of rotatable bonds is 4. The van der Waals surface area contributed by atoms with Crippen molar-refractivity contribution in [3.8, 4) is 0 Å². The van der Waals surface area contributed by atoms with E-state index in [1.54, 1.807) is 4.57 Å². The first kappa shape index (κ1) is 16.2. The van der Waals surface area contributed by atoms with Crippen molar-refractivity contribution in [1.82, 2.24) is 19.5 Å². The molecular weight excluding hydrogens is 329 g/mol. The highest BCUT2D eigenvalue weighted by molar-refractivity contribution is 7.51. The maximum absolute atomic E-state index is 10.9. The molecule has 2 aromatic heterocycles. The SMILES string of the molecule is C[C@@]1(OCP(=O)(O)O)O[C@@H](n2cnc3c(N)ncnc32)C[C@@H]1O. The fraction of sp³-hybridized carbons (Fsp3) is 0.545. The number of nitrogens with two attached hydrogens (primary N) is 1. The molecule has 0 amide bonds. The van der Waals surface area contributed by atoms with Crippen molar-refractivity contribution >= 4 is 24.6 Å². The lowest BCUT2D eigenvalue weighted by atomic mass is 10.1. The van der Waals surface area contributed by atoms with Crippen molar-refractivity contribution in [3.05, 3.63) is 12.7 Å². The molecule has 0 bridgehead atoms. The molecule has 3 atom stereocenters. The Labute approximate surface area is 130 Å². The number of nitrogens with zero attached hydrogens (tertiary/aromatic N) is 4. The van der Waals surface area contributed by atoms with E-state index in [2.05, 4.69) is 15.0 Å². The van der Waals surface area contributed by atoms with Gasteiger partial charge in [0.2, 0.25) is 0 Å². The third kappa shape index (κ3) is 3.07. The molecular formula is C11H16N5O6P. The van der Waals surface area contributed by atoms with Gasteiger partial charge in [0.25, 0.3) is 0 Å². The molecule has 1 aliphatic heterocycles. The van der Waals surface area contributed by atoms with Crippen molar-refractivity contribution in [2.24, 2.45) is 0 Å².